The summed E-state index contributed by atoms with van der Waals surface area (Å²) in [6.07, 6.45) is 10.6. The number of fused-ring (bicyclic) bond motifs is 1. The molecule has 0 bridgehead atoms. The van der Waals surface area contributed by atoms with Gasteiger partial charge in [0.1, 0.15) is 22.7 Å². The minimum absolute atomic E-state index is 0.0225. The molecule has 2 aromatic carbocycles. The Kier molecular flexibility index (Phi) is 10.3. The van der Waals surface area contributed by atoms with Gasteiger partial charge >= 0.3 is 0 Å². The quantitative estimate of drug-likeness (QED) is 0.135. The van der Waals surface area contributed by atoms with Gasteiger partial charge in [-0.1, -0.05) is 36.4 Å². The molecule has 3 heterocycles. The molecule has 2 amide bonds. The highest BCUT2D eigenvalue weighted by molar-refractivity contribution is 7.85. The second-order valence-electron chi connectivity index (χ2n) is 11.9. The Labute approximate surface area is 282 Å². The fraction of sp³-hybridized carbons (Fsp3) is 0.286. The van der Waals surface area contributed by atoms with Crippen LogP contribution in [0.2, 0.25) is 0 Å². The molecule has 0 aliphatic heterocycles. The number of amides is 2. The Hall–Kier alpha value is -5.21. The van der Waals surface area contributed by atoms with Gasteiger partial charge in [-0.25, -0.2) is 18.9 Å². The number of halogens is 1. The van der Waals surface area contributed by atoms with Gasteiger partial charge < -0.3 is 15.4 Å². The second-order valence-corrected chi connectivity index (χ2v) is 13.5. The number of benzene rings is 2. The van der Waals surface area contributed by atoms with Crippen LogP contribution in [0.1, 0.15) is 58.4 Å². The van der Waals surface area contributed by atoms with Crippen LogP contribution in [0.5, 0.6) is 11.6 Å². The average molecular weight is 687 g/mol. The van der Waals surface area contributed by atoms with E-state index in [1.54, 1.807) is 35.1 Å². The van der Waals surface area contributed by atoms with Crippen LogP contribution in [0.3, 0.4) is 0 Å². The molecule has 6 rings (SSSR count). The number of hydrogen-bond acceptors (Lipinski definition) is 9. The van der Waals surface area contributed by atoms with E-state index >= 15 is 0 Å². The number of nitrogens with zero attached hydrogens (tertiary/aromatic N) is 4. The fourth-order valence-electron chi connectivity index (χ4n) is 5.77. The van der Waals surface area contributed by atoms with Crippen LogP contribution in [-0.4, -0.2) is 64.8 Å². The van der Waals surface area contributed by atoms with Gasteiger partial charge in [-0.05, 0) is 79.5 Å². The molecule has 0 unspecified atom stereocenters. The minimum atomic E-state index is -3.45. The summed E-state index contributed by atoms with van der Waals surface area (Å²) >= 11 is 0. The highest BCUT2D eigenvalue weighted by Gasteiger charge is 2.27. The number of rotatable bonds is 12. The highest BCUT2D eigenvalue weighted by Crippen LogP contribution is 2.29. The third-order valence-electron chi connectivity index (χ3n) is 8.23. The maximum atomic E-state index is 14.3. The van der Waals surface area contributed by atoms with Gasteiger partial charge in [-0.3, -0.25) is 13.8 Å². The molecule has 0 atom stereocenters. The Morgan fingerprint density at radius 3 is 2.33 bits per heavy atom. The summed E-state index contributed by atoms with van der Waals surface area (Å²) in [6.45, 7) is 0.127. The maximum Gasteiger partial charge on any atom is 0.264 e. The van der Waals surface area contributed by atoms with E-state index < -0.39 is 21.8 Å². The summed E-state index contributed by atoms with van der Waals surface area (Å²) in [5.41, 5.74) is 3.69. The van der Waals surface area contributed by atoms with E-state index in [-0.39, 0.29) is 36.0 Å². The third-order valence-corrected chi connectivity index (χ3v) is 8.82. The monoisotopic (exact) mass is 686 g/mol. The smallest absolute Gasteiger partial charge is 0.264 e. The molecule has 0 spiro atoms. The number of aryl methyl sites for hydroxylation is 1. The molecule has 0 saturated heterocycles. The van der Waals surface area contributed by atoms with Gasteiger partial charge in [0, 0.05) is 24.5 Å². The predicted octanol–water partition coefficient (Wildman–Crippen LogP) is 5.10. The summed E-state index contributed by atoms with van der Waals surface area (Å²) in [6, 6.07) is 17.7. The highest BCUT2D eigenvalue weighted by atomic mass is 32.2. The topological polar surface area (TPSA) is 154 Å². The van der Waals surface area contributed by atoms with Crippen molar-refractivity contribution >= 4 is 27.6 Å². The van der Waals surface area contributed by atoms with Gasteiger partial charge in [0.05, 0.1) is 25.3 Å². The molecule has 14 heteroatoms. The van der Waals surface area contributed by atoms with Crippen LogP contribution in [0, 0.1) is 5.82 Å². The number of aromatic nitrogens is 4. The lowest BCUT2D eigenvalue weighted by molar-refractivity contribution is 0.0890. The first-order chi connectivity index (χ1) is 23.6. The van der Waals surface area contributed by atoms with Gasteiger partial charge in [-0.2, -0.15) is 13.5 Å². The standard InChI is InChI=1S/C35H35FN6O6S/c1-49(45,46)47-18-3-5-23-8-10-24(11-9-23)25-6-2-7-29(19-25)48-35-30(20-26(36)21-38-35)33(43)40-27-12-14-28(15-13-27)41-34(44)31-22-39-42-17-4-16-37-32(31)42/h2,4,6-11,16-17,19-22,27-28H,3,5,12-15,18H2,1H3,(H,40,43)(H,41,44)/t27-,28-. The van der Waals surface area contributed by atoms with E-state index in [0.717, 1.165) is 35.2 Å². The molecule has 254 valence electrons. The maximum absolute atomic E-state index is 14.3. The Bertz CT molecular complexity index is 2060. The fourth-order valence-corrected chi connectivity index (χ4v) is 6.19. The van der Waals surface area contributed by atoms with Crippen LogP contribution >= 0.6 is 0 Å². The molecule has 1 fully saturated rings. The van der Waals surface area contributed by atoms with Crippen molar-refractivity contribution in [1.29, 1.82) is 0 Å². The van der Waals surface area contributed by atoms with Crippen LogP contribution in [0.15, 0.2) is 85.5 Å². The lowest BCUT2D eigenvalue weighted by Gasteiger charge is -2.29. The number of hydrogen-bond donors (Lipinski definition) is 2. The van der Waals surface area contributed by atoms with E-state index in [2.05, 4.69) is 25.7 Å². The van der Waals surface area contributed by atoms with E-state index in [9.17, 15) is 22.4 Å². The molecule has 49 heavy (non-hydrogen) atoms. The van der Waals surface area contributed by atoms with Gasteiger partial charge in [0.25, 0.3) is 21.9 Å². The lowest BCUT2D eigenvalue weighted by Crippen LogP contribution is -2.43. The molecular weight excluding hydrogens is 651 g/mol. The van der Waals surface area contributed by atoms with Crippen molar-refractivity contribution in [2.75, 3.05) is 12.9 Å². The summed E-state index contributed by atoms with van der Waals surface area (Å²) in [5, 5.41) is 10.2. The normalized spacial score (nSPS) is 16.3. The molecule has 1 aliphatic carbocycles. The molecule has 1 saturated carbocycles. The second kappa shape index (κ2) is 14.9. The summed E-state index contributed by atoms with van der Waals surface area (Å²) in [4.78, 5) is 34.6. The number of carbonyl (C=O) groups excluding carboxylic acids is 2. The Morgan fingerprint density at radius 2 is 1.61 bits per heavy atom. The van der Waals surface area contributed by atoms with Crippen molar-refractivity contribution in [2.45, 2.75) is 50.6 Å². The summed E-state index contributed by atoms with van der Waals surface area (Å²) in [5.74, 6) is -1.01. The van der Waals surface area contributed by atoms with Crippen molar-refractivity contribution < 1.29 is 31.3 Å². The van der Waals surface area contributed by atoms with E-state index in [0.29, 0.717) is 55.5 Å². The zero-order chi connectivity index (χ0) is 34.4. The summed E-state index contributed by atoms with van der Waals surface area (Å²) in [7, 11) is -3.45. The lowest BCUT2D eigenvalue weighted by atomic mass is 9.91. The average Bonchev–Trinajstić information content (AvgIpc) is 3.53. The van der Waals surface area contributed by atoms with Crippen molar-refractivity contribution in [1.82, 2.24) is 30.2 Å². The van der Waals surface area contributed by atoms with Crippen LogP contribution < -0.4 is 15.4 Å². The molecule has 0 radical (unpaired) electrons. The first kappa shape index (κ1) is 33.7. The number of carbonyl (C=O) groups is 2. The number of ether oxygens (including phenoxy) is 1. The van der Waals surface area contributed by atoms with E-state index in [1.165, 1.54) is 6.20 Å². The molecular formula is C35H35FN6O6S. The molecule has 12 nitrogen and oxygen atoms in total. The molecule has 3 aromatic heterocycles. The van der Waals surface area contributed by atoms with Crippen molar-refractivity contribution in [2.24, 2.45) is 0 Å². The number of nitrogens with one attached hydrogen (secondary N) is 2. The van der Waals surface area contributed by atoms with Crippen LogP contribution in [0.25, 0.3) is 16.8 Å². The van der Waals surface area contributed by atoms with Crippen LogP contribution in [0.4, 0.5) is 4.39 Å². The third kappa shape index (κ3) is 8.83. The molecule has 5 aromatic rings. The zero-order valence-corrected chi connectivity index (χ0v) is 27.5. The number of pyridine rings is 1. The van der Waals surface area contributed by atoms with Crippen LogP contribution in [-0.2, 0) is 20.7 Å². The van der Waals surface area contributed by atoms with Crippen molar-refractivity contribution in [3.05, 3.63) is 108 Å². The predicted molar refractivity (Wildman–Crippen MR) is 179 cm³/mol. The van der Waals surface area contributed by atoms with Gasteiger partial charge in [0.2, 0.25) is 5.88 Å². The first-order valence-corrected chi connectivity index (χ1v) is 17.7. The van der Waals surface area contributed by atoms with E-state index in [4.69, 9.17) is 8.92 Å². The zero-order valence-electron chi connectivity index (χ0n) is 26.7. The molecule has 1 aliphatic rings. The van der Waals surface area contributed by atoms with Gasteiger partial charge in [-0.15, -0.1) is 0 Å². The van der Waals surface area contributed by atoms with Crippen molar-refractivity contribution in [3.8, 4) is 22.8 Å². The Morgan fingerprint density at radius 1 is 0.898 bits per heavy atom. The first-order valence-electron chi connectivity index (χ1n) is 15.9. The SMILES string of the molecule is CS(=O)(=O)OCCCc1ccc(-c2cccc(Oc3ncc(F)cc3C(=O)N[C@H]3CC[C@H](NC(=O)c4cnn5cccnc45)CC3)c2)cc1. The Balaban J connectivity index is 1.04. The van der Waals surface area contributed by atoms with Gasteiger partial charge in [0.15, 0.2) is 5.65 Å². The van der Waals surface area contributed by atoms with Crippen molar-refractivity contribution in [3.63, 3.8) is 0 Å². The largest absolute Gasteiger partial charge is 0.438 e. The van der Waals surface area contributed by atoms with E-state index in [1.807, 2.05) is 36.4 Å². The minimum Gasteiger partial charge on any atom is -0.438 e. The summed E-state index contributed by atoms with van der Waals surface area (Å²) < 4.78 is 48.9. The molecule has 2 N–H and O–H groups in total.